The van der Waals surface area contributed by atoms with Crippen LogP contribution >= 0.6 is 0 Å². The van der Waals surface area contributed by atoms with E-state index in [1.54, 1.807) is 0 Å². The maximum atomic E-state index is 4.94. The average Bonchev–Trinajstić information content (AvgIpc) is 3.25. The number of fused-ring (bicyclic) bond motifs is 1. The molecule has 0 atom stereocenters. The molecule has 0 spiro atoms. The van der Waals surface area contributed by atoms with Gasteiger partial charge in [0.25, 0.3) is 0 Å². The molecule has 1 fully saturated rings. The number of hydrogen-bond donors (Lipinski definition) is 1. The maximum Gasteiger partial charge on any atom is 0.112 e. The number of aromatic nitrogens is 2. The fourth-order valence-electron chi connectivity index (χ4n) is 3.28. The van der Waals surface area contributed by atoms with Crippen LogP contribution in [0.2, 0.25) is 0 Å². The van der Waals surface area contributed by atoms with E-state index in [0.717, 1.165) is 38.5 Å². The number of hydrogen-bond acceptors (Lipinski definition) is 3. The highest BCUT2D eigenvalue weighted by Gasteiger charge is 2.31. The Kier molecular flexibility index (Phi) is 4.41. The molecule has 1 aliphatic carbocycles. The van der Waals surface area contributed by atoms with Gasteiger partial charge in [0.1, 0.15) is 5.82 Å². The van der Waals surface area contributed by atoms with E-state index in [0.29, 0.717) is 0 Å². The van der Waals surface area contributed by atoms with E-state index in [4.69, 9.17) is 4.98 Å². The monoisotopic (exact) mass is 276 g/mol. The Bertz CT molecular complexity index is 448. The lowest BCUT2D eigenvalue weighted by Gasteiger charge is -2.22. The van der Waals surface area contributed by atoms with Crippen molar-refractivity contribution in [3.05, 3.63) is 17.2 Å². The van der Waals surface area contributed by atoms with Gasteiger partial charge in [0.2, 0.25) is 0 Å². The number of likely N-dealkylation sites (N-methyl/N-ethyl adjacent to an activating group) is 1. The highest BCUT2D eigenvalue weighted by atomic mass is 15.2. The summed E-state index contributed by atoms with van der Waals surface area (Å²) in [4.78, 5) is 7.50. The SMILES string of the molecule is CCCN(CC)CCn1c(C2CC2)nc2c1CCNC2. The molecule has 0 unspecified atom stereocenters. The Morgan fingerprint density at radius 2 is 2.15 bits per heavy atom. The molecule has 112 valence electrons. The summed E-state index contributed by atoms with van der Waals surface area (Å²) in [5, 5.41) is 3.45. The molecule has 2 heterocycles. The minimum absolute atomic E-state index is 0.752. The van der Waals surface area contributed by atoms with Crippen LogP contribution in [0, 0.1) is 0 Å². The van der Waals surface area contributed by atoms with Crippen molar-refractivity contribution in [2.75, 3.05) is 26.2 Å². The van der Waals surface area contributed by atoms with Crippen molar-refractivity contribution in [2.45, 2.75) is 58.5 Å². The normalized spacial score (nSPS) is 18.6. The molecule has 0 aromatic carbocycles. The number of imidazole rings is 1. The van der Waals surface area contributed by atoms with Gasteiger partial charge in [0.15, 0.2) is 0 Å². The summed E-state index contributed by atoms with van der Waals surface area (Å²) in [6.45, 7) is 11.3. The van der Waals surface area contributed by atoms with Gasteiger partial charge in [-0.15, -0.1) is 0 Å². The number of nitrogens with one attached hydrogen (secondary N) is 1. The molecule has 1 aliphatic heterocycles. The molecular weight excluding hydrogens is 248 g/mol. The molecule has 1 aromatic rings. The minimum atomic E-state index is 0.752. The van der Waals surface area contributed by atoms with Gasteiger partial charge in [-0.25, -0.2) is 4.98 Å². The van der Waals surface area contributed by atoms with Crippen LogP contribution in [0.15, 0.2) is 0 Å². The standard InChI is InChI=1S/C16H28N4/c1-3-9-19(4-2)10-11-20-15-7-8-17-12-14(15)18-16(20)13-5-6-13/h13,17H,3-12H2,1-2H3. The minimum Gasteiger partial charge on any atom is -0.330 e. The molecule has 20 heavy (non-hydrogen) atoms. The van der Waals surface area contributed by atoms with E-state index in [1.807, 2.05) is 0 Å². The summed E-state index contributed by atoms with van der Waals surface area (Å²) >= 11 is 0. The highest BCUT2D eigenvalue weighted by molar-refractivity contribution is 5.24. The zero-order valence-electron chi connectivity index (χ0n) is 13.0. The second-order valence-corrected chi connectivity index (χ2v) is 6.15. The number of nitrogens with zero attached hydrogens (tertiary/aromatic N) is 3. The Morgan fingerprint density at radius 1 is 1.30 bits per heavy atom. The molecule has 0 saturated heterocycles. The van der Waals surface area contributed by atoms with Gasteiger partial charge in [0, 0.05) is 44.2 Å². The fraction of sp³-hybridized carbons (Fsp3) is 0.812. The Hall–Kier alpha value is -0.870. The number of rotatable bonds is 7. The quantitative estimate of drug-likeness (QED) is 0.828. The maximum absolute atomic E-state index is 4.94. The molecule has 1 aromatic heterocycles. The average molecular weight is 276 g/mol. The van der Waals surface area contributed by atoms with Crippen molar-refractivity contribution in [2.24, 2.45) is 0 Å². The predicted molar refractivity (Wildman–Crippen MR) is 82.0 cm³/mol. The lowest BCUT2D eigenvalue weighted by Crippen LogP contribution is -2.30. The smallest absolute Gasteiger partial charge is 0.112 e. The third-order valence-electron chi connectivity index (χ3n) is 4.59. The third-order valence-corrected chi connectivity index (χ3v) is 4.59. The van der Waals surface area contributed by atoms with Crippen LogP contribution in [0.3, 0.4) is 0 Å². The van der Waals surface area contributed by atoms with Gasteiger partial charge in [-0.1, -0.05) is 13.8 Å². The van der Waals surface area contributed by atoms with Gasteiger partial charge < -0.3 is 14.8 Å². The Labute approximate surface area is 122 Å². The first-order chi connectivity index (χ1) is 9.83. The van der Waals surface area contributed by atoms with Crippen molar-refractivity contribution in [3.63, 3.8) is 0 Å². The summed E-state index contributed by atoms with van der Waals surface area (Å²) in [5.74, 6) is 2.13. The molecule has 0 amide bonds. The first-order valence-corrected chi connectivity index (χ1v) is 8.34. The first-order valence-electron chi connectivity index (χ1n) is 8.34. The first kappa shape index (κ1) is 14.1. The fourth-order valence-corrected chi connectivity index (χ4v) is 3.28. The van der Waals surface area contributed by atoms with Crippen molar-refractivity contribution >= 4 is 0 Å². The summed E-state index contributed by atoms with van der Waals surface area (Å²) in [5.41, 5.74) is 2.83. The van der Waals surface area contributed by atoms with Crippen LogP contribution < -0.4 is 5.32 Å². The molecule has 0 bridgehead atoms. The van der Waals surface area contributed by atoms with E-state index >= 15 is 0 Å². The summed E-state index contributed by atoms with van der Waals surface area (Å²) < 4.78 is 2.56. The second-order valence-electron chi connectivity index (χ2n) is 6.15. The third kappa shape index (κ3) is 2.91. The van der Waals surface area contributed by atoms with E-state index < -0.39 is 0 Å². The Balaban J connectivity index is 1.75. The lowest BCUT2D eigenvalue weighted by atomic mass is 10.2. The highest BCUT2D eigenvalue weighted by Crippen LogP contribution is 2.40. The molecular formula is C16H28N4. The topological polar surface area (TPSA) is 33.1 Å². The zero-order chi connectivity index (χ0) is 13.9. The van der Waals surface area contributed by atoms with Gasteiger partial charge in [-0.2, -0.15) is 0 Å². The van der Waals surface area contributed by atoms with Crippen molar-refractivity contribution in [1.29, 1.82) is 0 Å². The van der Waals surface area contributed by atoms with Crippen LogP contribution in [0.4, 0.5) is 0 Å². The second kappa shape index (κ2) is 6.27. The zero-order valence-corrected chi connectivity index (χ0v) is 13.0. The largest absolute Gasteiger partial charge is 0.330 e. The van der Waals surface area contributed by atoms with Gasteiger partial charge in [0.05, 0.1) is 5.69 Å². The van der Waals surface area contributed by atoms with Gasteiger partial charge in [-0.05, 0) is 32.4 Å². The van der Waals surface area contributed by atoms with Gasteiger partial charge >= 0.3 is 0 Å². The van der Waals surface area contributed by atoms with Crippen LogP contribution in [0.5, 0.6) is 0 Å². The van der Waals surface area contributed by atoms with Crippen molar-refractivity contribution < 1.29 is 0 Å². The lowest BCUT2D eigenvalue weighted by molar-refractivity contribution is 0.274. The van der Waals surface area contributed by atoms with Gasteiger partial charge in [-0.3, -0.25) is 0 Å². The van der Waals surface area contributed by atoms with Crippen LogP contribution in [0.25, 0.3) is 0 Å². The molecule has 4 nitrogen and oxygen atoms in total. The summed E-state index contributed by atoms with van der Waals surface area (Å²) in [6.07, 6.45) is 5.08. The van der Waals surface area contributed by atoms with E-state index in [2.05, 4.69) is 28.6 Å². The van der Waals surface area contributed by atoms with E-state index in [1.165, 1.54) is 49.6 Å². The summed E-state index contributed by atoms with van der Waals surface area (Å²) in [6, 6.07) is 0. The molecule has 0 radical (unpaired) electrons. The molecule has 1 N–H and O–H groups in total. The van der Waals surface area contributed by atoms with Crippen LogP contribution in [-0.2, 0) is 19.5 Å². The van der Waals surface area contributed by atoms with E-state index in [-0.39, 0.29) is 0 Å². The van der Waals surface area contributed by atoms with E-state index in [9.17, 15) is 0 Å². The van der Waals surface area contributed by atoms with Crippen LogP contribution in [0.1, 0.15) is 56.2 Å². The molecule has 4 heteroatoms. The Morgan fingerprint density at radius 3 is 2.85 bits per heavy atom. The van der Waals surface area contributed by atoms with Crippen molar-refractivity contribution in [3.8, 4) is 0 Å². The summed E-state index contributed by atoms with van der Waals surface area (Å²) in [7, 11) is 0. The molecule has 3 rings (SSSR count). The van der Waals surface area contributed by atoms with Crippen molar-refractivity contribution in [1.82, 2.24) is 19.8 Å². The molecule has 2 aliphatic rings. The molecule has 1 saturated carbocycles. The van der Waals surface area contributed by atoms with Crippen LogP contribution in [-0.4, -0.2) is 40.6 Å². The predicted octanol–water partition coefficient (Wildman–Crippen LogP) is 2.14.